The molecule has 0 fully saturated rings. The van der Waals surface area contributed by atoms with Gasteiger partial charge in [0.25, 0.3) is 17.5 Å². The van der Waals surface area contributed by atoms with Gasteiger partial charge < -0.3 is 5.32 Å². The van der Waals surface area contributed by atoms with Crippen molar-refractivity contribution < 1.29 is 19.3 Å². The number of imide groups is 1. The number of nitro benzene ring substituents is 1. The Labute approximate surface area is 161 Å². The summed E-state index contributed by atoms with van der Waals surface area (Å²) in [5, 5.41) is 13.5. The maximum absolute atomic E-state index is 12.4. The van der Waals surface area contributed by atoms with Crippen LogP contribution in [0.1, 0.15) is 52.5 Å². The van der Waals surface area contributed by atoms with E-state index in [-0.39, 0.29) is 16.8 Å². The molecule has 1 aliphatic heterocycles. The van der Waals surface area contributed by atoms with Gasteiger partial charge >= 0.3 is 0 Å². The zero-order valence-corrected chi connectivity index (χ0v) is 15.5. The molecule has 3 amide bonds. The monoisotopic (exact) mass is 381 g/mol. The first kappa shape index (κ1) is 19.2. The van der Waals surface area contributed by atoms with Gasteiger partial charge in [-0.05, 0) is 36.1 Å². The summed E-state index contributed by atoms with van der Waals surface area (Å²) in [5.41, 5.74) is 1.42. The van der Waals surface area contributed by atoms with Crippen LogP contribution in [0.3, 0.4) is 0 Å². The lowest BCUT2D eigenvalue weighted by atomic mass is 9.99. The number of non-ortho nitro benzene ring substituents is 1. The van der Waals surface area contributed by atoms with Gasteiger partial charge in [0, 0.05) is 17.8 Å². The second-order valence-corrected chi connectivity index (χ2v) is 6.66. The van der Waals surface area contributed by atoms with E-state index in [2.05, 4.69) is 19.2 Å². The van der Waals surface area contributed by atoms with Crippen LogP contribution in [-0.2, 0) is 4.79 Å². The molecule has 8 heteroatoms. The van der Waals surface area contributed by atoms with Crippen LogP contribution in [0.2, 0.25) is 0 Å². The number of carbonyl (C=O) groups is 3. The number of hydrogen-bond donors (Lipinski definition) is 1. The molecule has 0 aliphatic carbocycles. The van der Waals surface area contributed by atoms with Gasteiger partial charge in [-0.15, -0.1) is 0 Å². The summed E-state index contributed by atoms with van der Waals surface area (Å²) in [7, 11) is 0. The third kappa shape index (κ3) is 3.62. The van der Waals surface area contributed by atoms with Crippen LogP contribution in [0, 0.1) is 10.1 Å². The average molecular weight is 381 g/mol. The zero-order valence-electron chi connectivity index (χ0n) is 15.5. The van der Waals surface area contributed by atoms with Crippen LogP contribution >= 0.6 is 0 Å². The number of nitrogens with one attached hydrogen (secondary N) is 1. The molecule has 0 spiro atoms. The van der Waals surface area contributed by atoms with Gasteiger partial charge in [0.2, 0.25) is 5.91 Å². The first-order valence-electron chi connectivity index (χ1n) is 8.86. The summed E-state index contributed by atoms with van der Waals surface area (Å²) in [6.45, 7) is 3.74. The van der Waals surface area contributed by atoms with Gasteiger partial charge in [0.15, 0.2) is 0 Å². The number of hydrogen-bond acceptors (Lipinski definition) is 5. The number of carbonyl (C=O) groups excluding carboxylic acids is 3. The normalized spacial score (nSPS) is 14.0. The molecule has 2 aromatic carbocycles. The lowest BCUT2D eigenvalue weighted by molar-refractivity contribution is -0.384. The molecule has 0 radical (unpaired) electrons. The highest BCUT2D eigenvalue weighted by Crippen LogP contribution is 2.27. The third-order valence-corrected chi connectivity index (χ3v) is 4.84. The first-order chi connectivity index (χ1) is 13.3. The molecule has 1 heterocycles. The van der Waals surface area contributed by atoms with Crippen molar-refractivity contribution in [2.24, 2.45) is 0 Å². The van der Waals surface area contributed by atoms with Crippen LogP contribution in [0.4, 0.5) is 11.4 Å². The Morgan fingerprint density at radius 3 is 2.36 bits per heavy atom. The largest absolute Gasteiger partial charge is 0.325 e. The Morgan fingerprint density at radius 1 is 1.11 bits per heavy atom. The van der Waals surface area contributed by atoms with Crippen molar-refractivity contribution in [3.63, 3.8) is 0 Å². The Kier molecular flexibility index (Phi) is 5.21. The Balaban J connectivity index is 1.70. The number of fused-ring (bicyclic) bond motifs is 1. The fourth-order valence-corrected chi connectivity index (χ4v) is 3.01. The summed E-state index contributed by atoms with van der Waals surface area (Å²) in [4.78, 5) is 48.1. The van der Waals surface area contributed by atoms with Gasteiger partial charge in [0.05, 0.1) is 16.1 Å². The maximum atomic E-state index is 12.4. The minimum absolute atomic E-state index is 0.0568. The van der Waals surface area contributed by atoms with Crippen LogP contribution in [0.25, 0.3) is 0 Å². The summed E-state index contributed by atoms with van der Waals surface area (Å²) in [6.07, 6.45) is 1.00. The molecular formula is C20H19N3O5. The van der Waals surface area contributed by atoms with Crippen molar-refractivity contribution in [2.75, 3.05) is 11.9 Å². The second kappa shape index (κ2) is 7.59. The quantitative estimate of drug-likeness (QED) is 0.469. The van der Waals surface area contributed by atoms with Crippen molar-refractivity contribution in [2.45, 2.75) is 26.2 Å². The minimum atomic E-state index is -0.717. The number of nitrogens with zero attached hydrogens (tertiary/aromatic N) is 2. The summed E-state index contributed by atoms with van der Waals surface area (Å²) < 4.78 is 0. The van der Waals surface area contributed by atoms with E-state index in [9.17, 15) is 24.5 Å². The molecule has 2 aromatic rings. The van der Waals surface area contributed by atoms with E-state index in [0.717, 1.165) is 29.0 Å². The third-order valence-electron chi connectivity index (χ3n) is 4.84. The number of nitro groups is 1. The second-order valence-electron chi connectivity index (χ2n) is 6.66. The number of benzene rings is 2. The van der Waals surface area contributed by atoms with Gasteiger partial charge in [-0.25, -0.2) is 0 Å². The highest BCUT2D eigenvalue weighted by Gasteiger charge is 2.37. The van der Waals surface area contributed by atoms with E-state index < -0.39 is 29.2 Å². The van der Waals surface area contributed by atoms with Crippen molar-refractivity contribution in [1.82, 2.24) is 4.90 Å². The molecule has 8 nitrogen and oxygen atoms in total. The zero-order chi connectivity index (χ0) is 20.4. The molecular weight excluding hydrogens is 362 g/mol. The molecule has 0 saturated heterocycles. The van der Waals surface area contributed by atoms with E-state index in [1.807, 2.05) is 12.1 Å². The van der Waals surface area contributed by atoms with E-state index in [1.165, 1.54) is 6.07 Å². The van der Waals surface area contributed by atoms with E-state index in [1.54, 1.807) is 12.1 Å². The molecule has 0 unspecified atom stereocenters. The highest BCUT2D eigenvalue weighted by molar-refractivity contribution is 6.23. The summed E-state index contributed by atoms with van der Waals surface area (Å²) in [5.74, 6) is -1.48. The van der Waals surface area contributed by atoms with Crippen LogP contribution in [0.15, 0.2) is 42.5 Å². The molecule has 1 aliphatic rings. The molecule has 3 rings (SSSR count). The van der Waals surface area contributed by atoms with Crippen molar-refractivity contribution in [1.29, 1.82) is 0 Å². The van der Waals surface area contributed by atoms with Gasteiger partial charge in [-0.2, -0.15) is 0 Å². The molecule has 0 aromatic heterocycles. The standard InChI is InChI=1S/C20H19N3O5/c1-3-12(2)13-4-6-14(7-5-13)21-18(24)11-22-19(25)16-9-8-15(23(27)28)10-17(16)20(22)26/h4-10,12H,3,11H2,1-2H3,(H,21,24)/t12-/m0/s1. The number of anilines is 1. The molecule has 1 atom stereocenters. The highest BCUT2D eigenvalue weighted by atomic mass is 16.6. The van der Waals surface area contributed by atoms with Crippen LogP contribution < -0.4 is 5.32 Å². The van der Waals surface area contributed by atoms with Gasteiger partial charge in [0.1, 0.15) is 6.54 Å². The van der Waals surface area contributed by atoms with Crippen molar-refractivity contribution in [3.8, 4) is 0 Å². The molecule has 0 saturated carbocycles. The van der Waals surface area contributed by atoms with E-state index in [0.29, 0.717) is 11.6 Å². The fraction of sp³-hybridized carbons (Fsp3) is 0.250. The molecule has 28 heavy (non-hydrogen) atoms. The van der Waals surface area contributed by atoms with Gasteiger partial charge in [-0.1, -0.05) is 26.0 Å². The lowest BCUT2D eigenvalue weighted by Gasteiger charge is -2.14. The van der Waals surface area contributed by atoms with Crippen LogP contribution in [-0.4, -0.2) is 34.1 Å². The SMILES string of the molecule is CC[C@H](C)c1ccc(NC(=O)CN2C(=O)c3ccc([N+](=O)[O-])cc3C2=O)cc1. The topological polar surface area (TPSA) is 110 Å². The van der Waals surface area contributed by atoms with E-state index in [4.69, 9.17) is 0 Å². The lowest BCUT2D eigenvalue weighted by Crippen LogP contribution is -2.37. The van der Waals surface area contributed by atoms with Gasteiger partial charge in [-0.3, -0.25) is 29.4 Å². The molecule has 1 N–H and O–H groups in total. The summed E-state index contributed by atoms with van der Waals surface area (Å²) >= 11 is 0. The molecule has 144 valence electrons. The summed E-state index contributed by atoms with van der Waals surface area (Å²) in [6, 6.07) is 10.8. The Hall–Kier alpha value is -3.55. The molecule has 0 bridgehead atoms. The Morgan fingerprint density at radius 2 is 1.75 bits per heavy atom. The van der Waals surface area contributed by atoms with E-state index >= 15 is 0 Å². The van der Waals surface area contributed by atoms with Crippen molar-refractivity contribution >= 4 is 29.1 Å². The maximum Gasteiger partial charge on any atom is 0.270 e. The predicted octanol–water partition coefficient (Wildman–Crippen LogP) is 3.34. The number of amides is 3. The number of rotatable bonds is 6. The smallest absolute Gasteiger partial charge is 0.270 e. The van der Waals surface area contributed by atoms with Crippen LogP contribution in [0.5, 0.6) is 0 Å². The first-order valence-corrected chi connectivity index (χ1v) is 8.86. The van der Waals surface area contributed by atoms with Crippen molar-refractivity contribution in [3.05, 3.63) is 69.3 Å². The predicted molar refractivity (Wildman–Crippen MR) is 102 cm³/mol. The average Bonchev–Trinajstić information content (AvgIpc) is 2.92. The minimum Gasteiger partial charge on any atom is -0.325 e. The fourth-order valence-electron chi connectivity index (χ4n) is 3.01. The Bertz CT molecular complexity index is 968.